The molecule has 0 aliphatic carbocycles. The minimum atomic E-state index is -4.39. The van der Waals surface area contributed by atoms with Gasteiger partial charge in [-0.3, -0.25) is 14.4 Å². The summed E-state index contributed by atoms with van der Waals surface area (Å²) in [7, 11) is -3.17. The SMILES string of the molecule is COC(=O)C1=C(C)N(S(=O)(=O)c2ccccc2[N+](=O)[O-])C(C)(c2ccc(Br)cc2)C1. The van der Waals surface area contributed by atoms with Crippen molar-refractivity contribution in [3.63, 3.8) is 0 Å². The Bertz CT molecular complexity index is 1160. The molecule has 0 amide bonds. The maximum absolute atomic E-state index is 13.7. The van der Waals surface area contributed by atoms with E-state index in [2.05, 4.69) is 15.9 Å². The highest BCUT2D eigenvalue weighted by Gasteiger charge is 2.51. The topological polar surface area (TPSA) is 107 Å². The van der Waals surface area contributed by atoms with E-state index in [1.165, 1.54) is 32.2 Å². The lowest BCUT2D eigenvalue weighted by Gasteiger charge is -2.37. The minimum Gasteiger partial charge on any atom is -0.466 e. The van der Waals surface area contributed by atoms with E-state index in [4.69, 9.17) is 4.74 Å². The summed E-state index contributed by atoms with van der Waals surface area (Å²) in [5.41, 5.74) is -0.715. The largest absolute Gasteiger partial charge is 0.466 e. The van der Waals surface area contributed by atoms with Crippen LogP contribution < -0.4 is 0 Å². The number of nitro groups is 1. The fourth-order valence-electron chi connectivity index (χ4n) is 3.78. The molecular formula is C20H19BrN2O6S. The molecular weight excluding hydrogens is 476 g/mol. The fraction of sp³-hybridized carbons (Fsp3) is 0.250. The van der Waals surface area contributed by atoms with E-state index in [-0.39, 0.29) is 17.7 Å². The summed E-state index contributed by atoms with van der Waals surface area (Å²) < 4.78 is 34.2. The van der Waals surface area contributed by atoms with Crippen molar-refractivity contribution in [3.05, 3.63) is 80.0 Å². The van der Waals surface area contributed by atoms with Crippen LogP contribution in [0.15, 0.2) is 69.2 Å². The lowest BCUT2D eigenvalue weighted by Crippen LogP contribution is -2.43. The molecule has 2 aromatic rings. The van der Waals surface area contributed by atoms with Gasteiger partial charge in [-0.05, 0) is 37.6 Å². The third-order valence-corrected chi connectivity index (χ3v) is 7.78. The number of carbonyl (C=O) groups is 1. The Morgan fingerprint density at radius 2 is 1.80 bits per heavy atom. The number of para-hydroxylation sites is 1. The number of nitro benzene ring substituents is 1. The van der Waals surface area contributed by atoms with Gasteiger partial charge in [0.05, 0.1) is 23.1 Å². The van der Waals surface area contributed by atoms with Crippen molar-refractivity contribution >= 4 is 37.6 Å². The van der Waals surface area contributed by atoms with Crippen LogP contribution in [0.4, 0.5) is 5.69 Å². The Hall–Kier alpha value is -2.72. The fourth-order valence-corrected chi connectivity index (χ4v) is 6.07. The van der Waals surface area contributed by atoms with Gasteiger partial charge in [0.25, 0.3) is 15.7 Å². The third kappa shape index (κ3) is 3.50. The number of hydrogen-bond donors (Lipinski definition) is 0. The van der Waals surface area contributed by atoms with Crippen molar-refractivity contribution in [2.24, 2.45) is 0 Å². The smallest absolute Gasteiger partial charge is 0.335 e. The highest BCUT2D eigenvalue weighted by Crippen LogP contribution is 2.48. The number of halogens is 1. The van der Waals surface area contributed by atoms with Gasteiger partial charge in [0.2, 0.25) is 0 Å². The number of allylic oxidation sites excluding steroid dienone is 1. The number of carbonyl (C=O) groups excluding carboxylic acids is 1. The normalized spacial score (nSPS) is 19.1. The highest BCUT2D eigenvalue weighted by atomic mass is 79.9. The predicted octanol–water partition coefficient (Wildman–Crippen LogP) is 4.11. The van der Waals surface area contributed by atoms with Crippen LogP contribution in [0.5, 0.6) is 0 Å². The lowest BCUT2D eigenvalue weighted by molar-refractivity contribution is -0.387. The van der Waals surface area contributed by atoms with Gasteiger partial charge in [0, 0.05) is 22.7 Å². The standard InChI is InChI=1S/C20H19BrN2O6S/c1-13-16(19(24)29-3)12-20(2,14-8-10-15(21)11-9-14)22(13)30(27,28)18-7-5-4-6-17(18)23(25)26/h4-11H,12H2,1-3H3. The van der Waals surface area contributed by atoms with Crippen LogP contribution >= 0.6 is 15.9 Å². The zero-order valence-electron chi connectivity index (χ0n) is 16.5. The maximum Gasteiger partial charge on any atom is 0.335 e. The number of sulfonamides is 1. The number of rotatable bonds is 5. The van der Waals surface area contributed by atoms with Crippen LogP contribution in [0.2, 0.25) is 0 Å². The lowest BCUT2D eigenvalue weighted by atomic mass is 9.88. The van der Waals surface area contributed by atoms with Crippen LogP contribution in [-0.2, 0) is 25.1 Å². The molecule has 0 N–H and O–H groups in total. The number of hydrogen-bond acceptors (Lipinski definition) is 6. The zero-order chi connectivity index (χ0) is 22.3. The van der Waals surface area contributed by atoms with Crippen molar-refractivity contribution in [1.82, 2.24) is 4.31 Å². The molecule has 1 aliphatic heterocycles. The monoisotopic (exact) mass is 494 g/mol. The molecule has 10 heteroatoms. The van der Waals surface area contributed by atoms with Crippen LogP contribution in [0.25, 0.3) is 0 Å². The average Bonchev–Trinajstić information content (AvgIpc) is 3.00. The van der Waals surface area contributed by atoms with Crippen LogP contribution in [0.3, 0.4) is 0 Å². The van der Waals surface area contributed by atoms with Crippen molar-refractivity contribution < 1.29 is 22.9 Å². The Kier molecular flexibility index (Phi) is 5.74. The Balaban J connectivity index is 2.28. The van der Waals surface area contributed by atoms with Gasteiger partial charge in [-0.1, -0.05) is 40.2 Å². The molecule has 1 atom stereocenters. The van der Waals surface area contributed by atoms with Gasteiger partial charge in [-0.15, -0.1) is 0 Å². The second-order valence-electron chi connectivity index (χ2n) is 7.01. The molecule has 0 bridgehead atoms. The Morgan fingerprint density at radius 3 is 2.37 bits per heavy atom. The first-order chi connectivity index (χ1) is 14.0. The number of methoxy groups -OCH3 is 1. The molecule has 0 spiro atoms. The highest BCUT2D eigenvalue weighted by molar-refractivity contribution is 9.10. The predicted molar refractivity (Wildman–Crippen MR) is 113 cm³/mol. The second kappa shape index (κ2) is 7.84. The Morgan fingerprint density at radius 1 is 1.20 bits per heavy atom. The summed E-state index contributed by atoms with van der Waals surface area (Å²) >= 11 is 3.36. The van der Waals surface area contributed by atoms with Gasteiger partial charge >= 0.3 is 5.97 Å². The van der Waals surface area contributed by atoms with Crippen molar-refractivity contribution in [3.8, 4) is 0 Å². The van der Waals surface area contributed by atoms with E-state index in [0.29, 0.717) is 5.56 Å². The molecule has 30 heavy (non-hydrogen) atoms. The first-order valence-corrected chi connectivity index (χ1v) is 11.1. The third-order valence-electron chi connectivity index (χ3n) is 5.19. The molecule has 0 fully saturated rings. The van der Waals surface area contributed by atoms with Crippen molar-refractivity contribution in [2.75, 3.05) is 7.11 Å². The molecule has 1 unspecified atom stereocenters. The quantitative estimate of drug-likeness (QED) is 0.351. The molecule has 3 rings (SSSR count). The molecule has 0 saturated carbocycles. The number of esters is 1. The van der Waals surface area contributed by atoms with E-state index in [1.54, 1.807) is 31.2 Å². The molecule has 158 valence electrons. The first-order valence-electron chi connectivity index (χ1n) is 8.87. The summed E-state index contributed by atoms with van der Waals surface area (Å²) in [5.74, 6) is -0.643. The molecule has 1 heterocycles. The second-order valence-corrected chi connectivity index (χ2v) is 9.68. The van der Waals surface area contributed by atoms with Crippen molar-refractivity contribution in [2.45, 2.75) is 30.7 Å². The van der Waals surface area contributed by atoms with Crippen LogP contribution in [0.1, 0.15) is 25.8 Å². The summed E-state index contributed by atoms with van der Waals surface area (Å²) in [6, 6.07) is 12.2. The average molecular weight is 495 g/mol. The van der Waals surface area contributed by atoms with Gasteiger partial charge in [-0.2, -0.15) is 0 Å². The number of benzene rings is 2. The van der Waals surface area contributed by atoms with Gasteiger partial charge in [-0.25, -0.2) is 13.2 Å². The Labute approximate surface area is 182 Å². The summed E-state index contributed by atoms with van der Waals surface area (Å²) in [4.78, 5) is 22.7. The van der Waals surface area contributed by atoms with Crippen molar-refractivity contribution in [1.29, 1.82) is 0 Å². The van der Waals surface area contributed by atoms with Crippen LogP contribution in [-0.4, -0.2) is 30.7 Å². The van der Waals surface area contributed by atoms with Crippen LogP contribution in [0, 0.1) is 10.1 Å². The molecule has 1 aliphatic rings. The summed E-state index contributed by atoms with van der Waals surface area (Å²) in [6.07, 6.45) is 0.0625. The number of ether oxygens (including phenoxy) is 1. The van der Waals surface area contributed by atoms with Gasteiger partial charge < -0.3 is 4.74 Å². The molecule has 8 nitrogen and oxygen atoms in total. The van der Waals surface area contributed by atoms with E-state index in [9.17, 15) is 23.3 Å². The molecule has 0 saturated heterocycles. The molecule has 0 aromatic heterocycles. The van der Waals surface area contributed by atoms with E-state index < -0.39 is 37.0 Å². The van der Waals surface area contributed by atoms with E-state index >= 15 is 0 Å². The van der Waals surface area contributed by atoms with Gasteiger partial charge in [0.15, 0.2) is 4.90 Å². The zero-order valence-corrected chi connectivity index (χ0v) is 18.9. The molecule has 0 radical (unpaired) electrons. The first kappa shape index (κ1) is 22.0. The number of nitrogens with zero attached hydrogens (tertiary/aromatic N) is 2. The van der Waals surface area contributed by atoms with E-state index in [0.717, 1.165) is 14.8 Å². The van der Waals surface area contributed by atoms with E-state index in [1.807, 2.05) is 0 Å². The maximum atomic E-state index is 13.7. The van der Waals surface area contributed by atoms with Gasteiger partial charge in [0.1, 0.15) is 0 Å². The summed E-state index contributed by atoms with van der Waals surface area (Å²) in [6.45, 7) is 3.19. The summed E-state index contributed by atoms with van der Waals surface area (Å²) in [5, 5.41) is 11.5. The molecule has 2 aromatic carbocycles. The minimum absolute atomic E-state index is 0.0625.